The number of aromatic nitrogens is 1. The van der Waals surface area contributed by atoms with Gasteiger partial charge in [0.05, 0.1) is 16.0 Å². The van der Waals surface area contributed by atoms with Gasteiger partial charge in [0.25, 0.3) is 0 Å². The molecule has 0 aliphatic rings. The number of rotatable bonds is 5. The van der Waals surface area contributed by atoms with Gasteiger partial charge in [0.1, 0.15) is 9.22 Å². The van der Waals surface area contributed by atoms with E-state index in [1.54, 1.807) is 12.1 Å². The second-order valence-electron chi connectivity index (χ2n) is 6.08. The Balaban J connectivity index is 0.00000210. The number of hydrogen-bond acceptors (Lipinski definition) is 7. The zero-order valence-electron chi connectivity index (χ0n) is 15.5. The number of hydrogen-bond donors (Lipinski definition) is 1. The highest BCUT2D eigenvalue weighted by molar-refractivity contribution is 7.93. The van der Waals surface area contributed by atoms with Crippen molar-refractivity contribution in [1.29, 1.82) is 0 Å². The lowest BCUT2D eigenvalue weighted by Gasteiger charge is -2.11. The fraction of sp³-hybridized carbons (Fsp3) is 0.167. The lowest BCUT2D eigenvalue weighted by atomic mass is 10.0. The summed E-state index contributed by atoms with van der Waals surface area (Å²) in [5, 5.41) is 0.514. The minimum absolute atomic E-state index is 0. The van der Waals surface area contributed by atoms with Gasteiger partial charge in [0.15, 0.2) is 9.84 Å². The number of thiazole rings is 1. The van der Waals surface area contributed by atoms with Gasteiger partial charge >= 0.3 is 0 Å². The van der Waals surface area contributed by atoms with E-state index in [0.717, 1.165) is 23.2 Å². The molecule has 29 heavy (non-hydrogen) atoms. The van der Waals surface area contributed by atoms with Crippen LogP contribution in [0.25, 0.3) is 11.1 Å². The van der Waals surface area contributed by atoms with Crippen molar-refractivity contribution in [3.8, 4) is 11.1 Å². The molecule has 0 spiro atoms. The highest BCUT2D eigenvalue weighted by Crippen LogP contribution is 2.33. The molecule has 1 aromatic heterocycles. The van der Waals surface area contributed by atoms with Crippen LogP contribution in [0.2, 0.25) is 0 Å². The summed E-state index contributed by atoms with van der Waals surface area (Å²) in [6.45, 7) is 2.07. The number of sulfone groups is 2. The molecule has 2 aromatic carbocycles. The molecular formula is C18H20Cl2N2O4S3. The number of nitrogens with two attached hydrogens (primary N) is 1. The van der Waals surface area contributed by atoms with E-state index in [9.17, 15) is 16.8 Å². The number of halogens is 2. The fourth-order valence-electron chi connectivity index (χ4n) is 2.59. The van der Waals surface area contributed by atoms with Gasteiger partial charge in [-0.15, -0.1) is 36.2 Å². The molecule has 0 aliphatic carbocycles. The molecular weight excluding hydrogens is 475 g/mol. The Morgan fingerprint density at radius 2 is 1.62 bits per heavy atom. The molecule has 0 unspecified atom stereocenters. The van der Waals surface area contributed by atoms with Gasteiger partial charge in [-0.2, -0.15) is 0 Å². The Morgan fingerprint density at radius 3 is 2.14 bits per heavy atom. The highest BCUT2D eigenvalue weighted by atomic mass is 35.5. The van der Waals surface area contributed by atoms with Crippen LogP contribution < -0.4 is 5.73 Å². The van der Waals surface area contributed by atoms with Crippen LogP contribution in [0.4, 0.5) is 0 Å². The van der Waals surface area contributed by atoms with E-state index >= 15 is 0 Å². The van der Waals surface area contributed by atoms with Crippen molar-refractivity contribution < 1.29 is 16.8 Å². The zero-order valence-corrected chi connectivity index (χ0v) is 19.6. The van der Waals surface area contributed by atoms with Crippen LogP contribution in [0.15, 0.2) is 62.7 Å². The Morgan fingerprint density at radius 1 is 1.00 bits per heavy atom. The Hall–Kier alpha value is -1.49. The average Bonchev–Trinajstić information content (AvgIpc) is 3.11. The van der Waals surface area contributed by atoms with E-state index < -0.39 is 19.7 Å². The van der Waals surface area contributed by atoms with Gasteiger partial charge in [0.2, 0.25) is 9.84 Å². The lowest BCUT2D eigenvalue weighted by Crippen LogP contribution is -2.04. The van der Waals surface area contributed by atoms with Gasteiger partial charge in [-0.3, -0.25) is 0 Å². The third-order valence-electron chi connectivity index (χ3n) is 4.00. The summed E-state index contributed by atoms with van der Waals surface area (Å²) >= 11 is 1.01. The van der Waals surface area contributed by atoms with E-state index in [2.05, 4.69) is 4.98 Å². The van der Waals surface area contributed by atoms with Crippen LogP contribution in [-0.4, -0.2) is 28.1 Å². The van der Waals surface area contributed by atoms with Gasteiger partial charge in [0, 0.05) is 18.4 Å². The maximum Gasteiger partial charge on any atom is 0.217 e. The molecule has 0 saturated heterocycles. The summed E-state index contributed by atoms with van der Waals surface area (Å²) in [7, 11) is -7.36. The summed E-state index contributed by atoms with van der Waals surface area (Å²) < 4.78 is 50.3. The molecule has 1 heterocycles. The average molecular weight is 495 g/mol. The third-order valence-corrected chi connectivity index (χ3v) is 8.38. The van der Waals surface area contributed by atoms with Gasteiger partial charge < -0.3 is 5.73 Å². The first-order chi connectivity index (χ1) is 12.6. The monoisotopic (exact) mass is 494 g/mol. The van der Waals surface area contributed by atoms with E-state index in [0.29, 0.717) is 16.1 Å². The van der Waals surface area contributed by atoms with E-state index in [1.807, 2.05) is 19.1 Å². The normalized spacial score (nSPS) is 11.4. The van der Waals surface area contributed by atoms with Crippen LogP contribution in [0.5, 0.6) is 0 Å². The van der Waals surface area contributed by atoms with E-state index in [1.165, 1.54) is 24.4 Å². The minimum atomic E-state index is -3.82. The van der Waals surface area contributed by atoms with Crippen molar-refractivity contribution >= 4 is 55.8 Å². The molecule has 3 rings (SSSR count). The lowest BCUT2D eigenvalue weighted by molar-refractivity contribution is 0.595. The largest absolute Gasteiger partial charge is 0.325 e. The predicted octanol–water partition coefficient (Wildman–Crippen LogP) is 3.66. The fourth-order valence-corrected chi connectivity index (χ4v) is 5.96. The smallest absolute Gasteiger partial charge is 0.217 e. The van der Waals surface area contributed by atoms with Crippen molar-refractivity contribution in [2.75, 3.05) is 6.26 Å². The molecule has 6 nitrogen and oxygen atoms in total. The van der Waals surface area contributed by atoms with E-state index in [-0.39, 0.29) is 45.4 Å². The van der Waals surface area contributed by atoms with Crippen LogP contribution in [-0.2, 0) is 26.2 Å². The summed E-state index contributed by atoms with van der Waals surface area (Å²) in [6, 6.07) is 11.3. The minimum Gasteiger partial charge on any atom is -0.325 e. The summed E-state index contributed by atoms with van der Waals surface area (Å²) in [4.78, 5) is 4.08. The Labute approximate surface area is 186 Å². The molecule has 3 aromatic rings. The van der Waals surface area contributed by atoms with Crippen molar-refractivity contribution in [3.63, 3.8) is 0 Å². The number of nitrogens with zero attached hydrogens (tertiary/aromatic N) is 1. The van der Waals surface area contributed by atoms with Gasteiger partial charge in [-0.1, -0.05) is 29.8 Å². The molecule has 0 bridgehead atoms. The van der Waals surface area contributed by atoms with Crippen LogP contribution in [0, 0.1) is 6.92 Å². The van der Waals surface area contributed by atoms with Crippen molar-refractivity contribution in [1.82, 2.24) is 4.98 Å². The summed E-state index contributed by atoms with van der Waals surface area (Å²) in [5.41, 5.74) is 7.51. The van der Waals surface area contributed by atoms with Crippen LogP contribution >= 0.6 is 36.2 Å². The quantitative estimate of drug-likeness (QED) is 0.579. The Kier molecular flexibility index (Phi) is 8.41. The third kappa shape index (κ3) is 5.36. The molecule has 11 heteroatoms. The molecule has 0 fully saturated rings. The first kappa shape index (κ1) is 25.5. The van der Waals surface area contributed by atoms with Crippen molar-refractivity contribution in [2.45, 2.75) is 27.5 Å². The molecule has 2 N–H and O–H groups in total. The van der Waals surface area contributed by atoms with Gasteiger partial charge in [-0.25, -0.2) is 21.8 Å². The highest BCUT2D eigenvalue weighted by Gasteiger charge is 2.24. The zero-order chi connectivity index (χ0) is 19.8. The first-order valence-corrected chi connectivity index (χ1v) is 12.1. The summed E-state index contributed by atoms with van der Waals surface area (Å²) in [5.74, 6) is 0. The second kappa shape index (κ2) is 9.55. The van der Waals surface area contributed by atoms with Crippen molar-refractivity contribution in [3.05, 3.63) is 59.2 Å². The van der Waals surface area contributed by atoms with Gasteiger partial charge in [-0.05, 0) is 30.7 Å². The van der Waals surface area contributed by atoms with E-state index in [4.69, 9.17) is 5.73 Å². The molecule has 0 radical (unpaired) electrons. The maximum atomic E-state index is 12.9. The van der Waals surface area contributed by atoms with Crippen molar-refractivity contribution in [2.24, 2.45) is 5.73 Å². The molecule has 0 aliphatic heterocycles. The number of benzene rings is 2. The first-order valence-electron chi connectivity index (χ1n) is 7.94. The molecule has 0 atom stereocenters. The Bertz CT molecular complexity index is 1210. The number of aryl methyl sites for hydroxylation is 1. The van der Waals surface area contributed by atoms with Crippen LogP contribution in [0.3, 0.4) is 0 Å². The molecule has 158 valence electrons. The second-order valence-corrected chi connectivity index (χ2v) is 11.4. The SMILES string of the molecule is Cc1ccc(-c2cc(S(=O)(=O)c3cnc(CN)s3)ccc2S(C)(=O)=O)cc1.Cl.Cl. The summed E-state index contributed by atoms with van der Waals surface area (Å²) in [6.07, 6.45) is 2.38. The maximum absolute atomic E-state index is 12.9. The standard InChI is InChI=1S/C18H18N2O4S3.2ClH/c1-12-3-5-13(6-4-12)15-9-14(7-8-16(15)26(2,21)22)27(23,24)18-11-20-17(10-19)25-18;;/h3-9,11H,10,19H2,1-2H3;2*1H. The molecule has 0 saturated carbocycles. The topological polar surface area (TPSA) is 107 Å². The predicted molar refractivity (Wildman–Crippen MR) is 120 cm³/mol. The van der Waals surface area contributed by atoms with Crippen LogP contribution in [0.1, 0.15) is 10.6 Å². The molecule has 0 amide bonds.